The topological polar surface area (TPSA) is 59.4 Å². The van der Waals surface area contributed by atoms with Gasteiger partial charge in [0.2, 0.25) is 0 Å². The number of hydrogen-bond donors (Lipinski definition) is 1. The quantitative estimate of drug-likeness (QED) is 0.256. The molecule has 2 heterocycles. The number of halogens is 3. The molecule has 4 aromatic rings. The van der Waals surface area contributed by atoms with Gasteiger partial charge in [-0.25, -0.2) is 18.2 Å². The van der Waals surface area contributed by atoms with Gasteiger partial charge in [0.1, 0.15) is 18.2 Å². The van der Waals surface area contributed by atoms with E-state index in [0.29, 0.717) is 33.7 Å². The number of carboxylic acids is 1. The first kappa shape index (κ1) is 25.5. The number of ether oxygens (including phenoxy) is 1. The summed E-state index contributed by atoms with van der Waals surface area (Å²) in [4.78, 5) is 15.8. The Hall–Kier alpha value is -3.78. The van der Waals surface area contributed by atoms with Gasteiger partial charge in [0.15, 0.2) is 11.6 Å². The van der Waals surface area contributed by atoms with Crippen LogP contribution in [0.4, 0.5) is 13.2 Å². The summed E-state index contributed by atoms with van der Waals surface area (Å²) in [5, 5.41) is 9.65. The number of fused-ring (bicyclic) bond motifs is 3. The van der Waals surface area contributed by atoms with Crippen molar-refractivity contribution >= 4 is 40.8 Å². The van der Waals surface area contributed by atoms with Gasteiger partial charge in [0.25, 0.3) is 0 Å². The van der Waals surface area contributed by atoms with E-state index in [1.807, 2.05) is 30.3 Å². The lowest BCUT2D eigenvalue weighted by atomic mass is 9.98. The number of hydrogen-bond acceptors (Lipinski definition) is 4. The summed E-state index contributed by atoms with van der Waals surface area (Å²) < 4.78 is 48.1. The molecule has 1 saturated carbocycles. The van der Waals surface area contributed by atoms with Gasteiger partial charge < -0.3 is 9.84 Å². The van der Waals surface area contributed by atoms with Crippen molar-refractivity contribution in [2.24, 2.45) is 5.41 Å². The van der Waals surface area contributed by atoms with Crippen molar-refractivity contribution in [1.82, 2.24) is 4.98 Å². The Labute approximate surface area is 227 Å². The van der Waals surface area contributed by atoms with Gasteiger partial charge in [-0.2, -0.15) is 0 Å². The van der Waals surface area contributed by atoms with Crippen LogP contribution < -0.4 is 4.74 Å². The van der Waals surface area contributed by atoms with Crippen LogP contribution in [0.5, 0.6) is 5.75 Å². The van der Waals surface area contributed by atoms with Gasteiger partial charge in [-0.3, -0.25) is 4.79 Å². The standard InChI is InChI=1S/C31H24F3NO3S/c32-24-3-1-2-21-23(24)16-38-28-9-5-18(12-22(28)30(21)39-17-31(10-11-31)15-29(36)37)4-7-20-8-6-19-13-25(33)26(34)14-27(19)35-20/h1-9,12-14,30H,10-11,15-17H2,(H,36,37)/b7-4+. The van der Waals surface area contributed by atoms with Crippen LogP contribution in [0.3, 0.4) is 0 Å². The van der Waals surface area contributed by atoms with E-state index in [2.05, 4.69) is 4.98 Å². The second kappa shape index (κ2) is 10.1. The van der Waals surface area contributed by atoms with E-state index in [-0.39, 0.29) is 29.5 Å². The van der Waals surface area contributed by atoms with Crippen LogP contribution in [-0.4, -0.2) is 21.8 Å². The molecule has 6 rings (SSSR count). The van der Waals surface area contributed by atoms with Crippen LogP contribution >= 0.6 is 11.8 Å². The fraction of sp³-hybridized carbons (Fsp3) is 0.226. The molecule has 2 aliphatic rings. The van der Waals surface area contributed by atoms with Crippen molar-refractivity contribution in [3.8, 4) is 5.75 Å². The third-order valence-electron chi connectivity index (χ3n) is 7.36. The smallest absolute Gasteiger partial charge is 0.303 e. The molecule has 1 atom stereocenters. The van der Waals surface area contributed by atoms with E-state index >= 15 is 0 Å². The van der Waals surface area contributed by atoms with Crippen molar-refractivity contribution in [3.63, 3.8) is 0 Å². The highest BCUT2D eigenvalue weighted by atomic mass is 32.2. The lowest BCUT2D eigenvalue weighted by Gasteiger charge is -2.22. The van der Waals surface area contributed by atoms with Crippen LogP contribution in [0.25, 0.3) is 23.1 Å². The number of carbonyl (C=O) groups is 1. The summed E-state index contributed by atoms with van der Waals surface area (Å²) in [6.45, 7) is 0.111. The Morgan fingerprint density at radius 1 is 1.00 bits per heavy atom. The molecule has 0 radical (unpaired) electrons. The van der Waals surface area contributed by atoms with Crippen LogP contribution in [0, 0.1) is 22.9 Å². The fourth-order valence-electron chi connectivity index (χ4n) is 5.02. The predicted octanol–water partition coefficient (Wildman–Crippen LogP) is 7.79. The SMILES string of the molecule is O=C(O)CC1(CSC2c3cc(/C=C/c4ccc5cc(F)c(F)cc5n4)ccc3OCc3c(F)cccc32)CC1. The first-order valence-corrected chi connectivity index (χ1v) is 13.7. The molecular weight excluding hydrogens is 523 g/mol. The summed E-state index contributed by atoms with van der Waals surface area (Å²) in [6.07, 6.45) is 5.54. The van der Waals surface area contributed by atoms with Gasteiger partial charge >= 0.3 is 5.97 Å². The maximum Gasteiger partial charge on any atom is 0.303 e. The second-order valence-electron chi connectivity index (χ2n) is 10.2. The average molecular weight is 548 g/mol. The molecule has 1 unspecified atom stereocenters. The largest absolute Gasteiger partial charge is 0.488 e. The average Bonchev–Trinajstić information content (AvgIpc) is 3.69. The number of thioether (sulfide) groups is 1. The molecule has 0 amide bonds. The minimum Gasteiger partial charge on any atom is -0.488 e. The zero-order chi connectivity index (χ0) is 27.1. The van der Waals surface area contributed by atoms with Crippen LogP contribution in [0.1, 0.15) is 52.5 Å². The number of rotatable bonds is 7. The number of carboxylic acid groups (broad SMARTS) is 1. The Balaban J connectivity index is 1.33. The zero-order valence-electron chi connectivity index (χ0n) is 20.8. The molecular formula is C31H24F3NO3S. The number of benzene rings is 3. The Bertz CT molecular complexity index is 1630. The monoisotopic (exact) mass is 547 g/mol. The summed E-state index contributed by atoms with van der Waals surface area (Å²) >= 11 is 1.63. The van der Waals surface area contributed by atoms with Crippen molar-refractivity contribution in [2.75, 3.05) is 5.75 Å². The maximum absolute atomic E-state index is 14.8. The van der Waals surface area contributed by atoms with Crippen molar-refractivity contribution in [3.05, 3.63) is 106 Å². The molecule has 1 aliphatic carbocycles. The molecule has 8 heteroatoms. The van der Waals surface area contributed by atoms with Gasteiger partial charge in [-0.1, -0.05) is 30.3 Å². The highest BCUT2D eigenvalue weighted by molar-refractivity contribution is 7.99. The molecule has 1 aromatic heterocycles. The molecule has 1 N–H and O–H groups in total. The summed E-state index contributed by atoms with van der Waals surface area (Å²) in [7, 11) is 0. The fourth-order valence-corrected chi connectivity index (χ4v) is 6.69. The Morgan fingerprint density at radius 3 is 2.62 bits per heavy atom. The van der Waals surface area contributed by atoms with Crippen LogP contribution in [0.2, 0.25) is 0 Å². The van der Waals surface area contributed by atoms with E-state index in [9.17, 15) is 23.1 Å². The van der Waals surface area contributed by atoms with E-state index in [1.54, 1.807) is 36.0 Å². The van der Waals surface area contributed by atoms with Gasteiger partial charge in [-0.05, 0) is 65.8 Å². The normalized spacial score (nSPS) is 17.4. The Morgan fingerprint density at radius 2 is 1.82 bits per heavy atom. The van der Waals surface area contributed by atoms with Gasteiger partial charge in [0.05, 0.1) is 22.9 Å². The molecule has 0 spiro atoms. The molecule has 4 nitrogen and oxygen atoms in total. The third kappa shape index (κ3) is 5.26. The summed E-state index contributed by atoms with van der Waals surface area (Å²) in [5.74, 6) is -1.67. The number of pyridine rings is 1. The number of aliphatic carboxylic acids is 1. The molecule has 3 aromatic carbocycles. The number of aromatic nitrogens is 1. The first-order valence-electron chi connectivity index (χ1n) is 12.6. The number of nitrogens with zero attached hydrogens (tertiary/aromatic N) is 1. The molecule has 1 aliphatic heterocycles. The Kier molecular flexibility index (Phi) is 6.59. The molecule has 198 valence electrons. The minimum absolute atomic E-state index is 0.111. The molecule has 39 heavy (non-hydrogen) atoms. The van der Waals surface area contributed by atoms with Gasteiger partial charge in [-0.15, -0.1) is 11.8 Å². The van der Waals surface area contributed by atoms with Crippen molar-refractivity contribution in [1.29, 1.82) is 0 Å². The summed E-state index contributed by atoms with van der Waals surface area (Å²) in [5.41, 5.74) is 3.81. The highest BCUT2D eigenvalue weighted by Crippen LogP contribution is 2.55. The van der Waals surface area contributed by atoms with E-state index < -0.39 is 17.6 Å². The third-order valence-corrected chi connectivity index (χ3v) is 8.98. The van der Waals surface area contributed by atoms with E-state index in [4.69, 9.17) is 4.74 Å². The molecule has 1 fully saturated rings. The van der Waals surface area contributed by atoms with Gasteiger partial charge in [0, 0.05) is 28.3 Å². The second-order valence-corrected chi connectivity index (χ2v) is 11.3. The summed E-state index contributed by atoms with van der Waals surface area (Å²) in [6, 6.07) is 16.4. The predicted molar refractivity (Wildman–Crippen MR) is 146 cm³/mol. The lowest BCUT2D eigenvalue weighted by Crippen LogP contribution is -2.13. The minimum atomic E-state index is -0.946. The van der Waals surface area contributed by atoms with Crippen LogP contribution in [-0.2, 0) is 11.4 Å². The zero-order valence-corrected chi connectivity index (χ0v) is 21.6. The highest BCUT2D eigenvalue weighted by Gasteiger charge is 2.45. The molecule has 0 bridgehead atoms. The van der Waals surface area contributed by atoms with Crippen molar-refractivity contribution in [2.45, 2.75) is 31.1 Å². The first-order chi connectivity index (χ1) is 18.8. The van der Waals surface area contributed by atoms with Crippen LogP contribution in [0.15, 0.2) is 60.7 Å². The van der Waals surface area contributed by atoms with E-state index in [0.717, 1.165) is 41.7 Å². The molecule has 0 saturated heterocycles. The van der Waals surface area contributed by atoms with Crippen molar-refractivity contribution < 1.29 is 27.8 Å². The maximum atomic E-state index is 14.8. The lowest BCUT2D eigenvalue weighted by molar-refractivity contribution is -0.138. The van der Waals surface area contributed by atoms with E-state index in [1.165, 1.54) is 6.07 Å².